The molecule has 0 fully saturated rings. The Balaban J connectivity index is 2.07. The first-order chi connectivity index (χ1) is 13.3. The molecule has 0 radical (unpaired) electrons. The summed E-state index contributed by atoms with van der Waals surface area (Å²) in [5.74, 6) is -0.599. The molecule has 0 saturated heterocycles. The van der Waals surface area contributed by atoms with Crippen molar-refractivity contribution >= 4 is 29.1 Å². The second kappa shape index (κ2) is 9.66. The van der Waals surface area contributed by atoms with Crippen LogP contribution in [0.25, 0.3) is 0 Å². The van der Waals surface area contributed by atoms with Crippen molar-refractivity contribution in [3.63, 3.8) is 0 Å². The van der Waals surface area contributed by atoms with Crippen molar-refractivity contribution in [2.45, 2.75) is 13.8 Å². The van der Waals surface area contributed by atoms with Crippen LogP contribution in [0.2, 0.25) is 0 Å². The normalized spacial score (nSPS) is 10.5. The van der Waals surface area contributed by atoms with E-state index in [4.69, 9.17) is 0 Å². The van der Waals surface area contributed by atoms with E-state index in [1.807, 2.05) is 27.9 Å². The number of hydrogen-bond donors (Lipinski definition) is 3. The van der Waals surface area contributed by atoms with Crippen LogP contribution in [0.5, 0.6) is 0 Å². The minimum Gasteiger partial charge on any atom is -0.352 e. The van der Waals surface area contributed by atoms with Gasteiger partial charge in [-0.3, -0.25) is 14.4 Å². The van der Waals surface area contributed by atoms with Crippen molar-refractivity contribution in [1.29, 1.82) is 0 Å². The maximum absolute atomic E-state index is 12.5. The average molecular weight is 382 g/mol. The Labute approximate surface area is 165 Å². The molecule has 3 N–H and O–H groups in total. The maximum atomic E-state index is 12.5. The number of nitrogens with zero attached hydrogens (tertiary/aromatic N) is 1. The molecular formula is C21H26N4O3. The standard InChI is InChI=1S/C21H26N4O3/c1-5-22-20(27)16-7-6-14(2)18(12-16)24-21(28)15-8-10-17(11-9-15)23-19(26)13-25(3)4/h6-12H,5,13H2,1-4H3,(H,22,27)(H,23,26)(H,24,28). The van der Waals surface area contributed by atoms with Crippen LogP contribution in [0, 0.1) is 6.92 Å². The van der Waals surface area contributed by atoms with Gasteiger partial charge in [0.15, 0.2) is 0 Å². The van der Waals surface area contributed by atoms with Gasteiger partial charge in [0, 0.05) is 29.0 Å². The van der Waals surface area contributed by atoms with Crippen LogP contribution in [0.4, 0.5) is 11.4 Å². The average Bonchev–Trinajstić information content (AvgIpc) is 2.63. The second-order valence-corrected chi connectivity index (χ2v) is 6.71. The van der Waals surface area contributed by atoms with Gasteiger partial charge in [0.2, 0.25) is 5.91 Å². The highest BCUT2D eigenvalue weighted by molar-refractivity contribution is 6.06. The fraction of sp³-hybridized carbons (Fsp3) is 0.286. The van der Waals surface area contributed by atoms with Gasteiger partial charge in [-0.2, -0.15) is 0 Å². The number of anilines is 2. The molecule has 7 heteroatoms. The smallest absolute Gasteiger partial charge is 0.255 e. The van der Waals surface area contributed by atoms with Crippen LogP contribution in [-0.4, -0.2) is 49.8 Å². The summed E-state index contributed by atoms with van der Waals surface area (Å²) in [5, 5.41) is 8.35. The maximum Gasteiger partial charge on any atom is 0.255 e. The third kappa shape index (κ3) is 5.92. The third-order valence-corrected chi connectivity index (χ3v) is 3.98. The molecule has 0 bridgehead atoms. The highest BCUT2D eigenvalue weighted by atomic mass is 16.2. The van der Waals surface area contributed by atoms with Crippen LogP contribution in [-0.2, 0) is 4.79 Å². The van der Waals surface area contributed by atoms with Gasteiger partial charge in [0.1, 0.15) is 0 Å². The Bertz CT molecular complexity index is 860. The van der Waals surface area contributed by atoms with E-state index in [-0.39, 0.29) is 24.3 Å². The second-order valence-electron chi connectivity index (χ2n) is 6.71. The lowest BCUT2D eigenvalue weighted by atomic mass is 10.1. The molecule has 0 aromatic heterocycles. The molecule has 0 atom stereocenters. The number of likely N-dealkylation sites (N-methyl/N-ethyl adjacent to an activating group) is 1. The first-order valence-electron chi connectivity index (χ1n) is 9.05. The molecule has 0 heterocycles. The van der Waals surface area contributed by atoms with Gasteiger partial charge in [0.05, 0.1) is 6.54 Å². The molecule has 3 amide bonds. The Kier molecular flexibility index (Phi) is 7.28. The zero-order chi connectivity index (χ0) is 20.7. The number of rotatable bonds is 7. The topological polar surface area (TPSA) is 90.5 Å². The number of carbonyl (C=O) groups excluding carboxylic acids is 3. The lowest BCUT2D eigenvalue weighted by Crippen LogP contribution is -2.27. The number of benzene rings is 2. The van der Waals surface area contributed by atoms with E-state index in [2.05, 4.69) is 16.0 Å². The van der Waals surface area contributed by atoms with Crippen LogP contribution < -0.4 is 16.0 Å². The van der Waals surface area contributed by atoms with E-state index in [1.54, 1.807) is 47.4 Å². The van der Waals surface area contributed by atoms with Crippen molar-refractivity contribution in [3.8, 4) is 0 Å². The molecule has 148 valence electrons. The van der Waals surface area contributed by atoms with Crippen molar-refractivity contribution in [1.82, 2.24) is 10.2 Å². The minimum atomic E-state index is -0.290. The fourth-order valence-corrected chi connectivity index (χ4v) is 2.55. The minimum absolute atomic E-state index is 0.125. The largest absolute Gasteiger partial charge is 0.352 e. The van der Waals surface area contributed by atoms with E-state index < -0.39 is 0 Å². The monoisotopic (exact) mass is 382 g/mol. The van der Waals surface area contributed by atoms with E-state index in [0.717, 1.165) is 5.56 Å². The van der Waals surface area contributed by atoms with Crippen molar-refractivity contribution in [2.75, 3.05) is 37.8 Å². The highest BCUT2D eigenvalue weighted by Gasteiger charge is 2.12. The van der Waals surface area contributed by atoms with Gasteiger partial charge in [0.25, 0.3) is 11.8 Å². The molecule has 0 aliphatic rings. The number of amides is 3. The third-order valence-electron chi connectivity index (χ3n) is 3.98. The summed E-state index contributed by atoms with van der Waals surface area (Å²) >= 11 is 0. The Hall–Kier alpha value is -3.19. The van der Waals surface area contributed by atoms with Crippen LogP contribution >= 0.6 is 0 Å². The molecular weight excluding hydrogens is 356 g/mol. The first kappa shape index (κ1) is 21.1. The van der Waals surface area contributed by atoms with Gasteiger partial charge < -0.3 is 20.9 Å². The molecule has 2 rings (SSSR count). The fourth-order valence-electron chi connectivity index (χ4n) is 2.55. The zero-order valence-corrected chi connectivity index (χ0v) is 16.6. The van der Waals surface area contributed by atoms with Crippen molar-refractivity contribution in [3.05, 3.63) is 59.2 Å². The predicted octanol–water partition coefficient (Wildman–Crippen LogP) is 2.50. The van der Waals surface area contributed by atoms with Gasteiger partial charge in [-0.25, -0.2) is 0 Å². The summed E-state index contributed by atoms with van der Waals surface area (Å²) in [5.41, 5.74) is 3.00. The van der Waals surface area contributed by atoms with Gasteiger partial charge >= 0.3 is 0 Å². The molecule has 0 aliphatic heterocycles. The van der Waals surface area contributed by atoms with Gasteiger partial charge in [-0.05, 0) is 69.9 Å². The summed E-state index contributed by atoms with van der Waals surface area (Å²) in [6.07, 6.45) is 0. The van der Waals surface area contributed by atoms with E-state index in [0.29, 0.717) is 29.0 Å². The molecule has 0 unspecified atom stereocenters. The van der Waals surface area contributed by atoms with Crippen LogP contribution in [0.15, 0.2) is 42.5 Å². The zero-order valence-electron chi connectivity index (χ0n) is 16.6. The molecule has 2 aromatic rings. The summed E-state index contributed by atoms with van der Waals surface area (Å²) in [7, 11) is 3.63. The first-order valence-corrected chi connectivity index (χ1v) is 9.05. The van der Waals surface area contributed by atoms with Crippen LogP contribution in [0.1, 0.15) is 33.2 Å². The number of nitrogens with one attached hydrogen (secondary N) is 3. The van der Waals surface area contributed by atoms with E-state index in [9.17, 15) is 14.4 Å². The Morgan fingerprint density at radius 1 is 0.893 bits per heavy atom. The summed E-state index contributed by atoms with van der Waals surface area (Å²) < 4.78 is 0. The van der Waals surface area contributed by atoms with Crippen LogP contribution in [0.3, 0.4) is 0 Å². The number of aryl methyl sites for hydroxylation is 1. The summed E-state index contributed by atoms with van der Waals surface area (Å²) in [6, 6.07) is 11.8. The van der Waals surface area contributed by atoms with E-state index in [1.165, 1.54) is 0 Å². The van der Waals surface area contributed by atoms with Gasteiger partial charge in [-0.15, -0.1) is 0 Å². The van der Waals surface area contributed by atoms with Crippen molar-refractivity contribution in [2.24, 2.45) is 0 Å². The van der Waals surface area contributed by atoms with Crippen molar-refractivity contribution < 1.29 is 14.4 Å². The number of carbonyl (C=O) groups is 3. The molecule has 2 aromatic carbocycles. The molecule has 7 nitrogen and oxygen atoms in total. The SMILES string of the molecule is CCNC(=O)c1ccc(C)c(NC(=O)c2ccc(NC(=O)CN(C)C)cc2)c1. The lowest BCUT2D eigenvalue weighted by molar-refractivity contribution is -0.116. The molecule has 0 spiro atoms. The predicted molar refractivity (Wildman–Crippen MR) is 111 cm³/mol. The molecule has 28 heavy (non-hydrogen) atoms. The Morgan fingerprint density at radius 3 is 2.14 bits per heavy atom. The quantitative estimate of drug-likeness (QED) is 0.686. The lowest BCUT2D eigenvalue weighted by Gasteiger charge is -2.12. The highest BCUT2D eigenvalue weighted by Crippen LogP contribution is 2.19. The summed E-state index contributed by atoms with van der Waals surface area (Å²) in [6.45, 7) is 4.52. The Morgan fingerprint density at radius 2 is 1.54 bits per heavy atom. The summed E-state index contributed by atoms with van der Waals surface area (Å²) in [4.78, 5) is 38.1. The number of hydrogen-bond acceptors (Lipinski definition) is 4. The molecule has 0 aliphatic carbocycles. The molecule has 0 saturated carbocycles. The van der Waals surface area contributed by atoms with E-state index >= 15 is 0 Å². The van der Waals surface area contributed by atoms with Gasteiger partial charge in [-0.1, -0.05) is 6.07 Å².